The predicted octanol–water partition coefficient (Wildman–Crippen LogP) is 4.65. The first-order valence-electron chi connectivity index (χ1n) is 6.72. The van der Waals surface area contributed by atoms with E-state index in [4.69, 9.17) is 17.3 Å². The fourth-order valence-electron chi connectivity index (χ4n) is 2.28. The van der Waals surface area contributed by atoms with Crippen molar-refractivity contribution in [3.63, 3.8) is 0 Å². The van der Waals surface area contributed by atoms with Crippen LogP contribution in [0.3, 0.4) is 0 Å². The Labute approximate surface area is 120 Å². The van der Waals surface area contributed by atoms with Gasteiger partial charge in [-0.25, -0.2) is 0 Å². The molecule has 100 valence electrons. The smallest absolute Gasteiger partial charge is 0.0551 e. The normalized spacial score (nSPS) is 12.4. The summed E-state index contributed by atoms with van der Waals surface area (Å²) in [5.41, 5.74) is 11.0. The van der Waals surface area contributed by atoms with Crippen LogP contribution in [-0.2, 0) is 6.42 Å². The molecule has 0 heterocycles. The van der Waals surface area contributed by atoms with Crippen LogP contribution in [0.4, 0.5) is 0 Å². The van der Waals surface area contributed by atoms with Crippen molar-refractivity contribution in [3.8, 4) is 0 Å². The second-order valence-electron chi connectivity index (χ2n) is 4.98. The topological polar surface area (TPSA) is 26.0 Å². The number of nitrogens with two attached hydrogens (primary N) is 1. The molecule has 0 aliphatic rings. The highest BCUT2D eigenvalue weighted by molar-refractivity contribution is 6.31. The monoisotopic (exact) mass is 273 g/mol. The molecule has 0 fully saturated rings. The van der Waals surface area contributed by atoms with E-state index in [-0.39, 0.29) is 6.04 Å². The maximum Gasteiger partial charge on any atom is 0.0551 e. The summed E-state index contributed by atoms with van der Waals surface area (Å²) in [6.45, 7) is 4.20. The molecule has 2 N–H and O–H groups in total. The number of benzene rings is 2. The largest absolute Gasteiger partial charge is 0.320 e. The Hall–Kier alpha value is -1.31. The summed E-state index contributed by atoms with van der Waals surface area (Å²) in [5, 5.41) is 0.788. The van der Waals surface area contributed by atoms with Crippen LogP contribution in [0.2, 0.25) is 5.02 Å². The molecular weight excluding hydrogens is 254 g/mol. The van der Waals surface area contributed by atoms with Gasteiger partial charge >= 0.3 is 0 Å². The SMILES string of the molecule is CCCc1cccc(C(N)c2ccc(Cl)c(C)c2)c1. The van der Waals surface area contributed by atoms with Gasteiger partial charge in [-0.2, -0.15) is 0 Å². The summed E-state index contributed by atoms with van der Waals surface area (Å²) in [4.78, 5) is 0. The van der Waals surface area contributed by atoms with Gasteiger partial charge in [0.1, 0.15) is 0 Å². The maximum absolute atomic E-state index is 6.36. The van der Waals surface area contributed by atoms with Crippen molar-refractivity contribution in [2.75, 3.05) is 0 Å². The van der Waals surface area contributed by atoms with Crippen molar-refractivity contribution in [1.29, 1.82) is 0 Å². The number of aryl methyl sites for hydroxylation is 2. The van der Waals surface area contributed by atoms with E-state index in [1.807, 2.05) is 19.1 Å². The molecule has 1 unspecified atom stereocenters. The molecule has 0 saturated carbocycles. The van der Waals surface area contributed by atoms with Gasteiger partial charge in [0.2, 0.25) is 0 Å². The quantitative estimate of drug-likeness (QED) is 0.862. The number of hydrogen-bond acceptors (Lipinski definition) is 1. The molecule has 19 heavy (non-hydrogen) atoms. The van der Waals surface area contributed by atoms with Crippen molar-refractivity contribution < 1.29 is 0 Å². The Bertz CT molecular complexity index is 563. The molecule has 0 radical (unpaired) electrons. The van der Waals surface area contributed by atoms with Gasteiger partial charge in [-0.05, 0) is 41.7 Å². The van der Waals surface area contributed by atoms with Crippen LogP contribution in [0, 0.1) is 6.92 Å². The van der Waals surface area contributed by atoms with Crippen molar-refractivity contribution in [2.24, 2.45) is 5.73 Å². The third-order valence-electron chi connectivity index (χ3n) is 3.39. The fraction of sp³-hybridized carbons (Fsp3) is 0.294. The molecule has 2 aromatic rings. The molecule has 0 spiro atoms. The van der Waals surface area contributed by atoms with E-state index in [0.717, 1.165) is 34.6 Å². The van der Waals surface area contributed by atoms with Crippen LogP contribution >= 0.6 is 11.6 Å². The first-order valence-corrected chi connectivity index (χ1v) is 7.10. The second-order valence-corrected chi connectivity index (χ2v) is 5.39. The summed E-state index contributed by atoms with van der Waals surface area (Å²) in [5.74, 6) is 0. The van der Waals surface area contributed by atoms with Crippen LogP contribution in [0.25, 0.3) is 0 Å². The minimum absolute atomic E-state index is 0.0900. The van der Waals surface area contributed by atoms with Crippen molar-refractivity contribution >= 4 is 11.6 Å². The van der Waals surface area contributed by atoms with Gasteiger partial charge in [0.05, 0.1) is 6.04 Å². The standard InChI is InChI=1S/C17H20ClN/c1-3-5-13-6-4-7-14(11-13)17(19)15-8-9-16(18)12(2)10-15/h4,6-11,17H,3,5,19H2,1-2H3. The third-order valence-corrected chi connectivity index (χ3v) is 3.81. The Balaban J connectivity index is 2.29. The molecule has 1 nitrogen and oxygen atoms in total. The molecule has 1 atom stereocenters. The molecule has 0 amide bonds. The molecule has 0 saturated heterocycles. The van der Waals surface area contributed by atoms with Crippen molar-refractivity contribution in [3.05, 3.63) is 69.7 Å². The summed E-state index contributed by atoms with van der Waals surface area (Å²) in [6.07, 6.45) is 2.25. The lowest BCUT2D eigenvalue weighted by Crippen LogP contribution is -2.12. The number of rotatable bonds is 4. The van der Waals surface area contributed by atoms with E-state index in [1.165, 1.54) is 5.56 Å². The Kier molecular flexibility index (Phi) is 4.62. The zero-order valence-electron chi connectivity index (χ0n) is 11.5. The molecule has 2 aromatic carbocycles. The summed E-state index contributed by atoms with van der Waals surface area (Å²) in [6, 6.07) is 14.4. The Morgan fingerprint density at radius 2 is 1.84 bits per heavy atom. The van der Waals surface area contributed by atoms with E-state index < -0.39 is 0 Å². The van der Waals surface area contributed by atoms with Crippen LogP contribution in [0.15, 0.2) is 42.5 Å². The molecular formula is C17H20ClN. The maximum atomic E-state index is 6.36. The summed E-state index contributed by atoms with van der Waals surface area (Å²) < 4.78 is 0. The van der Waals surface area contributed by atoms with Crippen LogP contribution in [0.5, 0.6) is 0 Å². The molecule has 0 bridgehead atoms. The van der Waals surface area contributed by atoms with Gasteiger partial charge < -0.3 is 5.73 Å². The van der Waals surface area contributed by atoms with Crippen molar-refractivity contribution in [1.82, 2.24) is 0 Å². The summed E-state index contributed by atoms with van der Waals surface area (Å²) in [7, 11) is 0. The molecule has 2 heteroatoms. The van der Waals surface area contributed by atoms with Gasteiger partial charge in [-0.3, -0.25) is 0 Å². The zero-order valence-corrected chi connectivity index (χ0v) is 12.2. The minimum Gasteiger partial charge on any atom is -0.320 e. The second kappa shape index (κ2) is 6.23. The van der Waals surface area contributed by atoms with Gasteiger partial charge in [0.25, 0.3) is 0 Å². The predicted molar refractivity (Wildman–Crippen MR) is 82.7 cm³/mol. The van der Waals surface area contributed by atoms with E-state index in [0.29, 0.717) is 0 Å². The highest BCUT2D eigenvalue weighted by Crippen LogP contribution is 2.24. The third kappa shape index (κ3) is 3.37. The highest BCUT2D eigenvalue weighted by Gasteiger charge is 2.10. The summed E-state index contributed by atoms with van der Waals surface area (Å²) >= 11 is 6.06. The molecule has 0 aliphatic heterocycles. The Morgan fingerprint density at radius 1 is 1.11 bits per heavy atom. The van der Waals surface area contributed by atoms with E-state index >= 15 is 0 Å². The average molecular weight is 274 g/mol. The van der Waals surface area contributed by atoms with Gasteiger partial charge in [-0.15, -0.1) is 0 Å². The van der Waals surface area contributed by atoms with Gasteiger partial charge in [0.15, 0.2) is 0 Å². The van der Waals surface area contributed by atoms with Crippen LogP contribution < -0.4 is 5.73 Å². The first kappa shape index (κ1) is 14.1. The van der Waals surface area contributed by atoms with Crippen LogP contribution in [0.1, 0.15) is 41.6 Å². The molecule has 0 aromatic heterocycles. The zero-order chi connectivity index (χ0) is 13.8. The average Bonchev–Trinajstić information content (AvgIpc) is 2.42. The fourth-order valence-corrected chi connectivity index (χ4v) is 2.40. The van der Waals surface area contributed by atoms with E-state index in [2.05, 4.69) is 37.3 Å². The van der Waals surface area contributed by atoms with E-state index in [1.54, 1.807) is 0 Å². The van der Waals surface area contributed by atoms with Crippen LogP contribution in [-0.4, -0.2) is 0 Å². The number of halogens is 1. The van der Waals surface area contributed by atoms with Gasteiger partial charge in [-0.1, -0.05) is 61.3 Å². The molecule has 2 rings (SSSR count). The minimum atomic E-state index is -0.0900. The van der Waals surface area contributed by atoms with E-state index in [9.17, 15) is 0 Å². The lowest BCUT2D eigenvalue weighted by atomic mass is 9.96. The first-order chi connectivity index (χ1) is 9.11. The highest BCUT2D eigenvalue weighted by atomic mass is 35.5. The molecule has 0 aliphatic carbocycles. The van der Waals surface area contributed by atoms with Gasteiger partial charge in [0, 0.05) is 5.02 Å². The lowest BCUT2D eigenvalue weighted by Gasteiger charge is -2.15. The number of hydrogen-bond donors (Lipinski definition) is 1. The Morgan fingerprint density at radius 3 is 2.53 bits per heavy atom. The lowest BCUT2D eigenvalue weighted by molar-refractivity contribution is 0.857. The van der Waals surface area contributed by atoms with Crippen molar-refractivity contribution in [2.45, 2.75) is 32.7 Å².